The molecule has 1 saturated carbocycles. The minimum atomic E-state index is -0.158. The number of aromatic nitrogens is 2. The molecule has 1 aliphatic heterocycles. The minimum Gasteiger partial charge on any atom is -0.383 e. The summed E-state index contributed by atoms with van der Waals surface area (Å²) in [5.74, 6) is 0.476. The summed E-state index contributed by atoms with van der Waals surface area (Å²) in [4.78, 5) is 23.3. The molecule has 2 fully saturated rings. The van der Waals surface area contributed by atoms with E-state index in [4.69, 9.17) is 10.5 Å². The van der Waals surface area contributed by atoms with Gasteiger partial charge in [-0.15, -0.1) is 0 Å². The Kier molecular flexibility index (Phi) is 4.07. The number of nitrogen functional groups attached to an aromatic ring is 1. The first-order valence-corrected chi connectivity index (χ1v) is 9.04. The van der Waals surface area contributed by atoms with E-state index < -0.39 is 0 Å². The van der Waals surface area contributed by atoms with Gasteiger partial charge in [0.1, 0.15) is 12.1 Å². The maximum absolute atomic E-state index is 13.1. The molecule has 1 saturated heterocycles. The van der Waals surface area contributed by atoms with E-state index >= 15 is 0 Å². The highest BCUT2D eigenvalue weighted by atomic mass is 16.5. The van der Waals surface area contributed by atoms with Crippen molar-refractivity contribution in [1.29, 1.82) is 0 Å². The van der Waals surface area contributed by atoms with Gasteiger partial charge in [0.15, 0.2) is 0 Å². The summed E-state index contributed by atoms with van der Waals surface area (Å²) in [6.45, 7) is 3.37. The van der Waals surface area contributed by atoms with Crippen molar-refractivity contribution < 1.29 is 9.53 Å². The second-order valence-electron chi connectivity index (χ2n) is 7.35. The van der Waals surface area contributed by atoms with E-state index in [1.807, 2.05) is 23.1 Å². The lowest BCUT2D eigenvalue weighted by atomic mass is 9.83. The van der Waals surface area contributed by atoms with E-state index in [0.29, 0.717) is 30.0 Å². The molecule has 1 unspecified atom stereocenters. The van der Waals surface area contributed by atoms with Crippen LogP contribution in [0.15, 0.2) is 24.5 Å². The maximum Gasteiger partial charge on any atom is 0.254 e. The Morgan fingerprint density at radius 3 is 2.88 bits per heavy atom. The molecule has 132 valence electrons. The number of fused-ring (bicyclic) bond motifs is 1. The predicted octanol–water partition coefficient (Wildman–Crippen LogP) is 2.78. The van der Waals surface area contributed by atoms with Crippen LogP contribution >= 0.6 is 0 Å². The zero-order valence-corrected chi connectivity index (χ0v) is 14.6. The van der Waals surface area contributed by atoms with Gasteiger partial charge in [-0.2, -0.15) is 0 Å². The van der Waals surface area contributed by atoms with Gasteiger partial charge in [0.05, 0.1) is 23.8 Å². The first kappa shape index (κ1) is 16.3. The Labute approximate surface area is 147 Å². The van der Waals surface area contributed by atoms with E-state index in [0.717, 1.165) is 18.2 Å². The molecular formula is C19H24N4O2. The van der Waals surface area contributed by atoms with Crippen molar-refractivity contribution in [2.24, 2.45) is 0 Å². The van der Waals surface area contributed by atoms with Crippen molar-refractivity contribution >= 4 is 22.6 Å². The number of amides is 1. The van der Waals surface area contributed by atoms with Gasteiger partial charge in [-0.1, -0.05) is 19.3 Å². The molecule has 1 amide bonds. The van der Waals surface area contributed by atoms with Crippen LogP contribution in [0.5, 0.6) is 0 Å². The Morgan fingerprint density at radius 2 is 2.08 bits per heavy atom. The molecule has 0 bridgehead atoms. The van der Waals surface area contributed by atoms with Gasteiger partial charge in [0.25, 0.3) is 5.91 Å². The lowest BCUT2D eigenvalue weighted by Gasteiger charge is -2.47. The van der Waals surface area contributed by atoms with Crippen molar-refractivity contribution in [3.8, 4) is 0 Å². The molecule has 1 aromatic carbocycles. The van der Waals surface area contributed by atoms with E-state index in [1.165, 1.54) is 25.6 Å². The van der Waals surface area contributed by atoms with Crippen LogP contribution < -0.4 is 5.73 Å². The van der Waals surface area contributed by atoms with Crippen LogP contribution in [0.4, 0.5) is 5.82 Å². The summed E-state index contributed by atoms with van der Waals surface area (Å²) in [6.07, 6.45) is 7.21. The Morgan fingerprint density at radius 1 is 1.28 bits per heavy atom. The van der Waals surface area contributed by atoms with Crippen LogP contribution in [-0.4, -0.2) is 45.6 Å². The molecule has 0 radical (unpaired) electrons. The monoisotopic (exact) mass is 340 g/mol. The van der Waals surface area contributed by atoms with Crippen molar-refractivity contribution in [1.82, 2.24) is 14.9 Å². The molecule has 6 heteroatoms. The number of nitrogens with two attached hydrogens (primary N) is 1. The Hall–Kier alpha value is -2.21. The van der Waals surface area contributed by atoms with Crippen LogP contribution in [0, 0.1) is 0 Å². The molecule has 6 nitrogen and oxygen atoms in total. The lowest BCUT2D eigenvalue weighted by molar-refractivity contribution is -0.154. The molecule has 1 atom stereocenters. The number of anilines is 1. The zero-order chi connectivity index (χ0) is 17.4. The molecule has 2 aliphatic rings. The molecule has 2 heterocycles. The quantitative estimate of drug-likeness (QED) is 0.863. The summed E-state index contributed by atoms with van der Waals surface area (Å²) in [7, 11) is 0. The highest BCUT2D eigenvalue weighted by Crippen LogP contribution is 2.36. The largest absolute Gasteiger partial charge is 0.383 e. The zero-order valence-electron chi connectivity index (χ0n) is 14.6. The fraction of sp³-hybridized carbons (Fsp3) is 0.526. The minimum absolute atomic E-state index is 0.0409. The number of ether oxygens (including phenoxy) is 1. The normalized spacial score (nSPS) is 23.1. The van der Waals surface area contributed by atoms with Crippen LogP contribution in [0.2, 0.25) is 0 Å². The molecular weight excluding hydrogens is 316 g/mol. The number of carbonyl (C=O) groups is 1. The smallest absolute Gasteiger partial charge is 0.254 e. The number of morpholine rings is 1. The van der Waals surface area contributed by atoms with Gasteiger partial charge in [-0.3, -0.25) is 4.79 Å². The van der Waals surface area contributed by atoms with Crippen LogP contribution in [-0.2, 0) is 4.74 Å². The number of hydrogen-bond acceptors (Lipinski definition) is 5. The molecule has 1 spiro atoms. The van der Waals surface area contributed by atoms with Crippen molar-refractivity contribution in [3.63, 3.8) is 0 Å². The third kappa shape index (κ3) is 3.06. The molecule has 25 heavy (non-hydrogen) atoms. The van der Waals surface area contributed by atoms with Gasteiger partial charge in [0, 0.05) is 17.5 Å². The summed E-state index contributed by atoms with van der Waals surface area (Å²) in [5.41, 5.74) is 7.06. The number of hydrogen-bond donors (Lipinski definition) is 1. The number of nitrogens with zero attached hydrogens (tertiary/aromatic N) is 3. The first-order chi connectivity index (χ1) is 12.1. The third-order valence-corrected chi connectivity index (χ3v) is 5.37. The van der Waals surface area contributed by atoms with Crippen molar-refractivity contribution in [2.45, 2.75) is 50.7 Å². The molecule has 4 rings (SSSR count). The third-order valence-electron chi connectivity index (χ3n) is 5.37. The molecule has 2 aromatic rings. The predicted molar refractivity (Wildman–Crippen MR) is 96.2 cm³/mol. The van der Waals surface area contributed by atoms with Gasteiger partial charge < -0.3 is 15.4 Å². The maximum atomic E-state index is 13.1. The topological polar surface area (TPSA) is 81.3 Å². The summed E-state index contributed by atoms with van der Waals surface area (Å²) >= 11 is 0. The Bertz CT molecular complexity index is 801. The average Bonchev–Trinajstić information content (AvgIpc) is 2.61. The SMILES string of the molecule is CC1CN(C(=O)c2ccc3c(N)ncnc3c2)CC2(CCCCC2)O1. The van der Waals surface area contributed by atoms with E-state index in [1.54, 1.807) is 0 Å². The van der Waals surface area contributed by atoms with Crippen LogP contribution in [0.3, 0.4) is 0 Å². The fourth-order valence-electron chi connectivity index (χ4n) is 4.24. The van der Waals surface area contributed by atoms with Crippen LogP contribution in [0.25, 0.3) is 10.9 Å². The second-order valence-corrected chi connectivity index (χ2v) is 7.35. The van der Waals surface area contributed by atoms with Crippen molar-refractivity contribution in [3.05, 3.63) is 30.1 Å². The summed E-state index contributed by atoms with van der Waals surface area (Å²) in [6, 6.07) is 5.46. The van der Waals surface area contributed by atoms with E-state index in [-0.39, 0.29) is 17.6 Å². The highest BCUT2D eigenvalue weighted by Gasteiger charge is 2.41. The number of benzene rings is 1. The fourth-order valence-corrected chi connectivity index (χ4v) is 4.24. The highest BCUT2D eigenvalue weighted by molar-refractivity contribution is 5.99. The molecule has 1 aromatic heterocycles. The van der Waals surface area contributed by atoms with Gasteiger partial charge in [-0.05, 0) is 38.0 Å². The van der Waals surface area contributed by atoms with Gasteiger partial charge >= 0.3 is 0 Å². The Balaban J connectivity index is 1.61. The van der Waals surface area contributed by atoms with Gasteiger partial charge in [0.2, 0.25) is 0 Å². The number of rotatable bonds is 1. The van der Waals surface area contributed by atoms with Gasteiger partial charge in [-0.25, -0.2) is 9.97 Å². The molecule has 1 aliphatic carbocycles. The van der Waals surface area contributed by atoms with Crippen molar-refractivity contribution in [2.75, 3.05) is 18.8 Å². The average molecular weight is 340 g/mol. The first-order valence-electron chi connectivity index (χ1n) is 9.04. The second kappa shape index (κ2) is 6.26. The lowest BCUT2D eigenvalue weighted by Crippen LogP contribution is -2.57. The van der Waals surface area contributed by atoms with Crippen LogP contribution in [0.1, 0.15) is 49.4 Å². The standard InChI is InChI=1S/C19H24N4O2/c1-13-10-23(11-19(25-13)7-3-2-4-8-19)18(24)14-5-6-15-16(9-14)21-12-22-17(15)20/h5-6,9,12-13H,2-4,7-8,10-11H2,1H3,(H2,20,21,22). The summed E-state index contributed by atoms with van der Waals surface area (Å²) < 4.78 is 6.29. The summed E-state index contributed by atoms with van der Waals surface area (Å²) in [5, 5.41) is 0.776. The number of carbonyl (C=O) groups excluding carboxylic acids is 1. The van der Waals surface area contributed by atoms with E-state index in [2.05, 4.69) is 16.9 Å². The molecule has 2 N–H and O–H groups in total. The van der Waals surface area contributed by atoms with E-state index in [9.17, 15) is 4.79 Å².